The van der Waals surface area contributed by atoms with Gasteiger partial charge < -0.3 is 4.90 Å². The predicted octanol–water partition coefficient (Wildman–Crippen LogP) is 1.38. The number of carbonyl (C=O) groups is 1. The molecule has 30 heavy (non-hydrogen) atoms. The lowest BCUT2D eigenvalue weighted by Gasteiger charge is -2.36. The molecule has 5 rings (SSSR count). The first-order chi connectivity index (χ1) is 14.6. The normalized spacial score (nSPS) is 21.0. The molecule has 4 heterocycles. The second-order valence-electron chi connectivity index (χ2n) is 7.87. The van der Waals surface area contributed by atoms with E-state index in [4.69, 9.17) is 0 Å². The van der Waals surface area contributed by atoms with Crippen LogP contribution < -0.4 is 10.5 Å². The number of hydrogen-bond acceptors (Lipinski definition) is 7. The van der Waals surface area contributed by atoms with Crippen molar-refractivity contribution in [3.63, 3.8) is 0 Å². The molecule has 0 unspecified atom stereocenters. The zero-order chi connectivity index (χ0) is 20.7. The van der Waals surface area contributed by atoms with Crippen molar-refractivity contribution in [1.82, 2.24) is 24.4 Å². The third kappa shape index (κ3) is 3.64. The Morgan fingerprint density at radius 2 is 1.83 bits per heavy atom. The molecular weight excluding hydrogens is 400 g/mol. The SMILES string of the molecule is Cc1cc(=O)n2nc(CN3CCN([C@@H]4CCN(c5ccccc5)C4=O)CC3)sc2n1. The van der Waals surface area contributed by atoms with Gasteiger partial charge in [-0.1, -0.05) is 29.5 Å². The van der Waals surface area contributed by atoms with Crippen LogP contribution in [0.5, 0.6) is 0 Å². The molecule has 2 saturated heterocycles. The van der Waals surface area contributed by atoms with Crippen LogP contribution in [-0.4, -0.2) is 69.1 Å². The molecule has 2 fully saturated rings. The summed E-state index contributed by atoms with van der Waals surface area (Å²) < 4.78 is 1.39. The third-order valence-electron chi connectivity index (χ3n) is 5.87. The molecular formula is C21H24N6O2S. The van der Waals surface area contributed by atoms with E-state index in [9.17, 15) is 9.59 Å². The Balaban J connectivity index is 1.20. The van der Waals surface area contributed by atoms with Crippen LogP contribution in [0.15, 0.2) is 41.2 Å². The first-order valence-corrected chi connectivity index (χ1v) is 11.1. The van der Waals surface area contributed by atoms with Crippen LogP contribution in [0.3, 0.4) is 0 Å². The highest BCUT2D eigenvalue weighted by Gasteiger charge is 2.37. The number of piperazine rings is 1. The summed E-state index contributed by atoms with van der Waals surface area (Å²) in [5.74, 6) is 0.210. The average molecular weight is 425 g/mol. The summed E-state index contributed by atoms with van der Waals surface area (Å²) in [7, 11) is 0. The maximum Gasteiger partial charge on any atom is 0.275 e. The van der Waals surface area contributed by atoms with Gasteiger partial charge in [-0.25, -0.2) is 4.98 Å². The molecule has 0 saturated carbocycles. The largest absolute Gasteiger partial charge is 0.311 e. The van der Waals surface area contributed by atoms with Gasteiger partial charge in [0.2, 0.25) is 10.9 Å². The Bertz CT molecular complexity index is 1120. The minimum atomic E-state index is -0.132. The summed E-state index contributed by atoms with van der Waals surface area (Å²) in [6, 6.07) is 11.4. The van der Waals surface area contributed by atoms with Crippen molar-refractivity contribution < 1.29 is 4.79 Å². The van der Waals surface area contributed by atoms with Gasteiger partial charge in [-0.15, -0.1) is 0 Å². The lowest BCUT2D eigenvalue weighted by atomic mass is 10.2. The number of amides is 1. The van der Waals surface area contributed by atoms with Crippen LogP contribution in [-0.2, 0) is 11.3 Å². The van der Waals surface area contributed by atoms with Crippen molar-refractivity contribution in [1.29, 1.82) is 0 Å². The quantitative estimate of drug-likeness (QED) is 0.630. The predicted molar refractivity (Wildman–Crippen MR) is 116 cm³/mol. The lowest BCUT2D eigenvalue weighted by Crippen LogP contribution is -2.52. The van der Waals surface area contributed by atoms with Crippen LogP contribution in [0.4, 0.5) is 5.69 Å². The van der Waals surface area contributed by atoms with Gasteiger partial charge in [-0.05, 0) is 25.5 Å². The highest BCUT2D eigenvalue weighted by Crippen LogP contribution is 2.25. The summed E-state index contributed by atoms with van der Waals surface area (Å²) in [6.07, 6.45) is 0.875. The minimum Gasteiger partial charge on any atom is -0.311 e. The fourth-order valence-electron chi connectivity index (χ4n) is 4.32. The van der Waals surface area contributed by atoms with Gasteiger partial charge >= 0.3 is 0 Å². The summed E-state index contributed by atoms with van der Waals surface area (Å²) in [5.41, 5.74) is 1.57. The van der Waals surface area contributed by atoms with Crippen molar-refractivity contribution in [2.24, 2.45) is 0 Å². The highest BCUT2D eigenvalue weighted by atomic mass is 32.1. The first kappa shape index (κ1) is 19.3. The first-order valence-electron chi connectivity index (χ1n) is 10.3. The van der Waals surface area contributed by atoms with E-state index in [0.29, 0.717) is 11.5 Å². The van der Waals surface area contributed by atoms with Gasteiger partial charge in [0.1, 0.15) is 5.01 Å². The summed E-state index contributed by atoms with van der Waals surface area (Å²) in [4.78, 5) is 36.6. The van der Waals surface area contributed by atoms with Crippen molar-refractivity contribution >= 4 is 27.9 Å². The molecule has 2 aliphatic heterocycles. The molecule has 2 aliphatic rings. The number of aromatic nitrogens is 3. The topological polar surface area (TPSA) is 74.1 Å². The van der Waals surface area contributed by atoms with Crippen LogP contribution >= 0.6 is 11.3 Å². The zero-order valence-electron chi connectivity index (χ0n) is 16.9. The molecule has 9 heteroatoms. The number of para-hydroxylation sites is 1. The molecule has 3 aromatic rings. The number of carbonyl (C=O) groups excluding carboxylic acids is 1. The van der Waals surface area contributed by atoms with E-state index in [-0.39, 0.29) is 17.5 Å². The van der Waals surface area contributed by atoms with E-state index >= 15 is 0 Å². The maximum atomic E-state index is 13.0. The van der Waals surface area contributed by atoms with Gasteiger partial charge in [-0.2, -0.15) is 9.61 Å². The molecule has 156 valence electrons. The standard InChI is InChI=1S/C21H24N6O2S/c1-15-13-19(28)27-21(22-15)30-18(23-27)14-24-9-11-25(12-10-24)17-7-8-26(20(17)29)16-5-3-2-4-6-16/h2-6,13,17H,7-12,14H2,1H3/t17-/m1/s1. The molecule has 0 spiro atoms. The van der Waals surface area contributed by atoms with E-state index < -0.39 is 0 Å². The third-order valence-corrected chi connectivity index (χ3v) is 6.76. The molecule has 0 aliphatic carbocycles. The van der Waals surface area contributed by atoms with Gasteiger partial charge in [0, 0.05) is 50.2 Å². The van der Waals surface area contributed by atoms with Gasteiger partial charge in [0.15, 0.2) is 0 Å². The van der Waals surface area contributed by atoms with Gasteiger partial charge in [0.25, 0.3) is 5.56 Å². The summed E-state index contributed by atoms with van der Waals surface area (Å²) in [6.45, 7) is 6.79. The monoisotopic (exact) mass is 424 g/mol. The van der Waals surface area contributed by atoms with Crippen LogP contribution in [0.1, 0.15) is 17.1 Å². The van der Waals surface area contributed by atoms with Gasteiger partial charge in [-0.3, -0.25) is 19.4 Å². The van der Waals surface area contributed by atoms with E-state index in [1.54, 1.807) is 0 Å². The van der Waals surface area contributed by atoms with Crippen molar-refractivity contribution in [2.45, 2.75) is 25.9 Å². The van der Waals surface area contributed by atoms with E-state index in [2.05, 4.69) is 19.9 Å². The second kappa shape index (κ2) is 7.90. The number of aryl methyl sites for hydroxylation is 1. The molecule has 0 N–H and O–H groups in total. The molecule has 2 aromatic heterocycles. The molecule has 1 atom stereocenters. The van der Waals surface area contributed by atoms with E-state index in [1.165, 1.54) is 21.9 Å². The average Bonchev–Trinajstić information content (AvgIpc) is 3.32. The summed E-state index contributed by atoms with van der Waals surface area (Å²) in [5, 5.41) is 5.34. The van der Waals surface area contributed by atoms with Crippen LogP contribution in [0.25, 0.3) is 4.96 Å². The van der Waals surface area contributed by atoms with Crippen molar-refractivity contribution in [3.05, 3.63) is 57.5 Å². The molecule has 0 bridgehead atoms. The van der Waals surface area contributed by atoms with E-state index in [0.717, 1.165) is 55.5 Å². The fourth-order valence-corrected chi connectivity index (χ4v) is 5.30. The Kier molecular flexibility index (Phi) is 5.10. The number of benzene rings is 1. The Hall–Kier alpha value is -2.62. The Labute approximate surface area is 178 Å². The summed E-state index contributed by atoms with van der Waals surface area (Å²) >= 11 is 1.47. The molecule has 0 radical (unpaired) electrons. The van der Waals surface area contributed by atoms with Gasteiger partial charge in [0.05, 0.1) is 12.6 Å². The maximum absolute atomic E-state index is 13.0. The molecule has 1 aromatic carbocycles. The smallest absolute Gasteiger partial charge is 0.275 e. The molecule has 8 nitrogen and oxygen atoms in total. The lowest BCUT2D eigenvalue weighted by molar-refractivity contribution is -0.122. The minimum absolute atomic E-state index is 0.0273. The number of nitrogens with zero attached hydrogens (tertiary/aromatic N) is 6. The second-order valence-corrected chi connectivity index (χ2v) is 8.91. The molecule has 1 amide bonds. The van der Waals surface area contributed by atoms with Crippen molar-refractivity contribution in [2.75, 3.05) is 37.6 Å². The van der Waals surface area contributed by atoms with Crippen LogP contribution in [0.2, 0.25) is 0 Å². The number of anilines is 1. The Morgan fingerprint density at radius 1 is 1.07 bits per heavy atom. The zero-order valence-corrected chi connectivity index (χ0v) is 17.7. The fraction of sp³-hybridized carbons (Fsp3) is 0.429. The van der Waals surface area contributed by atoms with Crippen molar-refractivity contribution in [3.8, 4) is 0 Å². The number of hydrogen-bond donors (Lipinski definition) is 0. The van der Waals surface area contributed by atoms with E-state index in [1.807, 2.05) is 42.2 Å². The number of fused-ring (bicyclic) bond motifs is 1. The number of rotatable bonds is 4. The Morgan fingerprint density at radius 3 is 2.60 bits per heavy atom. The highest BCUT2D eigenvalue weighted by molar-refractivity contribution is 7.16. The van der Waals surface area contributed by atoms with Crippen LogP contribution in [0, 0.1) is 6.92 Å².